The summed E-state index contributed by atoms with van der Waals surface area (Å²) >= 11 is 0. The number of aryl methyl sites for hydroxylation is 1. The normalized spacial score (nSPS) is 19.7. The predicted octanol–water partition coefficient (Wildman–Crippen LogP) is 4.74. The monoisotopic (exact) mass is 417 g/mol. The first-order valence-electron chi connectivity index (χ1n) is 10.4. The van der Waals surface area contributed by atoms with E-state index in [1.807, 2.05) is 26.0 Å². The SMILES string of the molecule is CCc1ccc(C(=O)NC(C)C)c2c1NC(C1CNc3c1cc(F)c(F)c3F)CC2. The highest BCUT2D eigenvalue weighted by molar-refractivity contribution is 5.98. The minimum absolute atomic E-state index is 0.0366. The summed E-state index contributed by atoms with van der Waals surface area (Å²) < 4.78 is 41.7. The molecule has 2 aromatic carbocycles. The van der Waals surface area contributed by atoms with Crippen LogP contribution < -0.4 is 16.0 Å². The van der Waals surface area contributed by atoms with Gasteiger partial charge < -0.3 is 16.0 Å². The van der Waals surface area contributed by atoms with Crippen molar-refractivity contribution in [2.75, 3.05) is 17.2 Å². The van der Waals surface area contributed by atoms with Gasteiger partial charge >= 0.3 is 0 Å². The van der Waals surface area contributed by atoms with Crippen molar-refractivity contribution in [2.45, 2.75) is 58.0 Å². The second-order valence-corrected chi connectivity index (χ2v) is 8.33. The molecule has 4 rings (SSSR count). The number of hydrogen-bond acceptors (Lipinski definition) is 3. The van der Waals surface area contributed by atoms with E-state index in [0.717, 1.165) is 29.3 Å². The molecule has 0 bridgehead atoms. The Balaban J connectivity index is 1.68. The molecular formula is C23H26F3N3O. The van der Waals surface area contributed by atoms with Gasteiger partial charge in [0, 0.05) is 35.8 Å². The van der Waals surface area contributed by atoms with Crippen molar-refractivity contribution in [1.29, 1.82) is 0 Å². The number of amides is 1. The molecule has 1 amide bonds. The molecule has 4 nitrogen and oxygen atoms in total. The third kappa shape index (κ3) is 3.40. The Morgan fingerprint density at radius 1 is 1.20 bits per heavy atom. The van der Waals surface area contributed by atoms with Crippen molar-refractivity contribution in [2.24, 2.45) is 0 Å². The summed E-state index contributed by atoms with van der Waals surface area (Å²) in [5, 5.41) is 9.39. The zero-order chi connectivity index (χ0) is 21.6. The molecule has 30 heavy (non-hydrogen) atoms. The van der Waals surface area contributed by atoms with Gasteiger partial charge in [0.15, 0.2) is 17.5 Å². The highest BCUT2D eigenvalue weighted by atomic mass is 19.2. The number of rotatable bonds is 4. The van der Waals surface area contributed by atoms with Crippen molar-refractivity contribution in [3.8, 4) is 0 Å². The van der Waals surface area contributed by atoms with Crippen LogP contribution in [0.25, 0.3) is 0 Å². The van der Waals surface area contributed by atoms with Crippen molar-refractivity contribution in [1.82, 2.24) is 5.32 Å². The van der Waals surface area contributed by atoms with Crippen LogP contribution in [-0.4, -0.2) is 24.5 Å². The lowest BCUT2D eigenvalue weighted by Gasteiger charge is -2.34. The molecule has 2 atom stereocenters. The Morgan fingerprint density at radius 3 is 2.67 bits per heavy atom. The fourth-order valence-corrected chi connectivity index (χ4v) is 4.61. The number of nitrogens with one attached hydrogen (secondary N) is 3. The average Bonchev–Trinajstić information content (AvgIpc) is 3.14. The molecule has 7 heteroatoms. The number of benzene rings is 2. The lowest BCUT2D eigenvalue weighted by molar-refractivity contribution is 0.0942. The van der Waals surface area contributed by atoms with Crippen LogP contribution in [0.4, 0.5) is 24.5 Å². The minimum atomic E-state index is -1.45. The molecule has 2 aromatic rings. The maximum atomic E-state index is 14.2. The molecule has 0 aromatic heterocycles. The third-order valence-electron chi connectivity index (χ3n) is 6.06. The third-order valence-corrected chi connectivity index (χ3v) is 6.06. The molecular weight excluding hydrogens is 391 g/mol. The van der Waals surface area contributed by atoms with E-state index < -0.39 is 17.5 Å². The van der Waals surface area contributed by atoms with Crippen molar-refractivity contribution >= 4 is 17.3 Å². The molecule has 0 saturated carbocycles. The van der Waals surface area contributed by atoms with Gasteiger partial charge in [0.25, 0.3) is 5.91 Å². The van der Waals surface area contributed by atoms with Gasteiger partial charge in [-0.3, -0.25) is 4.79 Å². The molecule has 0 fully saturated rings. The van der Waals surface area contributed by atoms with Crippen LogP contribution in [0.1, 0.15) is 60.2 Å². The van der Waals surface area contributed by atoms with Gasteiger partial charge in [0.05, 0.1) is 5.69 Å². The molecule has 2 aliphatic rings. The van der Waals surface area contributed by atoms with Crippen molar-refractivity contribution in [3.63, 3.8) is 0 Å². The van der Waals surface area contributed by atoms with E-state index in [4.69, 9.17) is 0 Å². The first-order chi connectivity index (χ1) is 14.3. The van der Waals surface area contributed by atoms with Crippen LogP contribution in [0.15, 0.2) is 18.2 Å². The Hall–Kier alpha value is -2.70. The summed E-state index contributed by atoms with van der Waals surface area (Å²) in [6.07, 6.45) is 2.18. The van der Waals surface area contributed by atoms with Gasteiger partial charge in [0.2, 0.25) is 0 Å². The van der Waals surface area contributed by atoms with Crippen LogP contribution in [0.5, 0.6) is 0 Å². The lowest BCUT2D eigenvalue weighted by Crippen LogP contribution is -2.36. The number of anilines is 2. The Morgan fingerprint density at radius 2 is 1.97 bits per heavy atom. The van der Waals surface area contributed by atoms with E-state index in [-0.39, 0.29) is 29.6 Å². The van der Waals surface area contributed by atoms with Crippen LogP contribution in [0.3, 0.4) is 0 Å². The summed E-state index contributed by atoms with van der Waals surface area (Å²) in [6.45, 7) is 6.29. The quantitative estimate of drug-likeness (QED) is 0.630. The molecule has 160 valence electrons. The van der Waals surface area contributed by atoms with E-state index in [9.17, 15) is 18.0 Å². The fraction of sp³-hybridized carbons (Fsp3) is 0.435. The summed E-state index contributed by atoms with van der Waals surface area (Å²) in [5.74, 6) is -4.08. The molecule has 0 saturated heterocycles. The predicted molar refractivity (Wildman–Crippen MR) is 112 cm³/mol. The van der Waals surface area contributed by atoms with Crippen molar-refractivity contribution < 1.29 is 18.0 Å². The second-order valence-electron chi connectivity index (χ2n) is 8.33. The van der Waals surface area contributed by atoms with Crippen LogP contribution in [0, 0.1) is 17.5 Å². The fourth-order valence-electron chi connectivity index (χ4n) is 4.61. The first kappa shape index (κ1) is 20.6. The van der Waals surface area contributed by atoms with Gasteiger partial charge in [-0.05, 0) is 61.9 Å². The average molecular weight is 417 g/mol. The number of halogens is 3. The number of carbonyl (C=O) groups is 1. The summed E-state index contributed by atoms with van der Waals surface area (Å²) in [7, 11) is 0. The summed E-state index contributed by atoms with van der Waals surface area (Å²) in [4.78, 5) is 12.7. The summed E-state index contributed by atoms with van der Waals surface area (Å²) in [5.41, 5.74) is 4.17. The maximum Gasteiger partial charge on any atom is 0.251 e. The first-order valence-corrected chi connectivity index (χ1v) is 10.4. The maximum absolute atomic E-state index is 14.2. The van der Waals surface area contributed by atoms with Gasteiger partial charge in [-0.2, -0.15) is 0 Å². The lowest BCUT2D eigenvalue weighted by atomic mass is 9.83. The van der Waals surface area contributed by atoms with Crippen LogP contribution in [0.2, 0.25) is 0 Å². The molecule has 0 spiro atoms. The van der Waals surface area contributed by atoms with E-state index in [1.165, 1.54) is 0 Å². The van der Waals surface area contributed by atoms with Gasteiger partial charge in [0.1, 0.15) is 0 Å². The number of fused-ring (bicyclic) bond motifs is 2. The highest BCUT2D eigenvalue weighted by Crippen LogP contribution is 2.42. The minimum Gasteiger partial charge on any atom is -0.382 e. The molecule has 3 N–H and O–H groups in total. The molecule has 2 heterocycles. The largest absolute Gasteiger partial charge is 0.382 e. The van der Waals surface area contributed by atoms with Crippen molar-refractivity contribution in [3.05, 3.63) is 57.9 Å². The number of hydrogen-bond donors (Lipinski definition) is 3. The standard InChI is InChI=1S/C23H26F3N3O/c1-4-12-5-6-14(23(30)28-11(2)3)13-7-8-18(29-21(12)13)16-10-27-22-15(16)9-17(24)19(25)20(22)26/h5-6,9,11,16,18,27,29H,4,7-8,10H2,1-3H3,(H,28,30). The molecule has 2 unspecified atom stereocenters. The Kier molecular flexibility index (Phi) is 5.38. The zero-order valence-corrected chi connectivity index (χ0v) is 17.3. The van der Waals surface area contributed by atoms with Gasteiger partial charge in [-0.15, -0.1) is 0 Å². The van der Waals surface area contributed by atoms with Gasteiger partial charge in [-0.1, -0.05) is 13.0 Å². The van der Waals surface area contributed by atoms with E-state index in [0.29, 0.717) is 30.5 Å². The Labute approximate surface area is 174 Å². The van der Waals surface area contributed by atoms with Crippen LogP contribution in [-0.2, 0) is 12.8 Å². The number of carbonyl (C=O) groups excluding carboxylic acids is 1. The molecule has 0 aliphatic carbocycles. The second kappa shape index (κ2) is 7.85. The highest BCUT2D eigenvalue weighted by Gasteiger charge is 2.36. The van der Waals surface area contributed by atoms with E-state index in [2.05, 4.69) is 22.9 Å². The molecule has 2 aliphatic heterocycles. The van der Waals surface area contributed by atoms with E-state index in [1.54, 1.807) is 0 Å². The van der Waals surface area contributed by atoms with Gasteiger partial charge in [-0.25, -0.2) is 13.2 Å². The Bertz CT molecular complexity index is 1010. The topological polar surface area (TPSA) is 53.2 Å². The van der Waals surface area contributed by atoms with E-state index >= 15 is 0 Å². The summed E-state index contributed by atoms with van der Waals surface area (Å²) in [6, 6.07) is 4.89. The smallest absolute Gasteiger partial charge is 0.251 e. The van der Waals surface area contributed by atoms with Crippen LogP contribution >= 0.6 is 0 Å². The molecule has 0 radical (unpaired) electrons. The zero-order valence-electron chi connectivity index (χ0n) is 17.3.